The fraction of sp³-hybridized carbons (Fsp3) is 0.500. The Balaban J connectivity index is 1.95. The average Bonchev–Trinajstić information content (AvgIpc) is 2.47. The third-order valence-electron chi connectivity index (χ3n) is 4.68. The lowest BCUT2D eigenvalue weighted by atomic mass is 9.78. The third-order valence-corrected chi connectivity index (χ3v) is 4.85. The summed E-state index contributed by atoms with van der Waals surface area (Å²) in [5, 5.41) is 1.43. The van der Waals surface area contributed by atoms with Gasteiger partial charge in [-0.3, -0.25) is 0 Å². The summed E-state index contributed by atoms with van der Waals surface area (Å²) in [5.74, 6) is 0.985. The first-order chi connectivity index (χ1) is 9.61. The normalized spacial score (nSPS) is 18.4. The van der Waals surface area contributed by atoms with Crippen LogP contribution in [0.25, 0.3) is 10.9 Å². The van der Waals surface area contributed by atoms with Gasteiger partial charge in [0.1, 0.15) is 5.82 Å². The first kappa shape index (κ1) is 13.6. The van der Waals surface area contributed by atoms with E-state index >= 15 is 0 Å². The van der Waals surface area contributed by atoms with Gasteiger partial charge in [-0.15, -0.1) is 0 Å². The van der Waals surface area contributed by atoms with Crippen LogP contribution in [0.3, 0.4) is 0 Å². The van der Waals surface area contributed by atoms with Crippen molar-refractivity contribution in [3.63, 3.8) is 0 Å². The van der Waals surface area contributed by atoms with Crippen LogP contribution in [-0.4, -0.2) is 23.1 Å². The molecule has 3 nitrogen and oxygen atoms in total. The molecule has 20 heavy (non-hydrogen) atoms. The number of aromatic nitrogens is 2. The second-order valence-electron chi connectivity index (χ2n) is 5.98. The molecule has 0 spiro atoms. The van der Waals surface area contributed by atoms with Crippen molar-refractivity contribution >= 4 is 28.3 Å². The Morgan fingerprint density at radius 2 is 1.90 bits per heavy atom. The summed E-state index contributed by atoms with van der Waals surface area (Å²) in [6.45, 7) is 6.76. The predicted molar refractivity (Wildman–Crippen MR) is 84.4 cm³/mol. The number of benzene rings is 1. The van der Waals surface area contributed by atoms with Gasteiger partial charge in [-0.25, -0.2) is 4.98 Å². The van der Waals surface area contributed by atoms with Crippen molar-refractivity contribution in [2.24, 2.45) is 5.41 Å². The highest BCUT2D eigenvalue weighted by Crippen LogP contribution is 2.36. The Labute approximate surface area is 125 Å². The van der Waals surface area contributed by atoms with Gasteiger partial charge < -0.3 is 4.90 Å². The van der Waals surface area contributed by atoms with Crippen LogP contribution in [0.2, 0.25) is 5.28 Å². The minimum Gasteiger partial charge on any atom is -0.356 e. The van der Waals surface area contributed by atoms with E-state index < -0.39 is 0 Å². The molecular weight excluding hydrogens is 270 g/mol. The molecule has 0 bridgehead atoms. The molecule has 3 rings (SSSR count). The van der Waals surface area contributed by atoms with Crippen molar-refractivity contribution < 1.29 is 0 Å². The molecule has 106 valence electrons. The lowest BCUT2D eigenvalue weighted by Gasteiger charge is -2.39. The van der Waals surface area contributed by atoms with E-state index in [-0.39, 0.29) is 0 Å². The summed E-state index contributed by atoms with van der Waals surface area (Å²) >= 11 is 6.08. The summed E-state index contributed by atoms with van der Waals surface area (Å²) in [6.07, 6.45) is 3.66. The van der Waals surface area contributed by atoms with Crippen LogP contribution in [-0.2, 0) is 0 Å². The van der Waals surface area contributed by atoms with E-state index in [1.165, 1.54) is 19.3 Å². The van der Waals surface area contributed by atoms with Crippen LogP contribution in [0.15, 0.2) is 24.3 Å². The van der Waals surface area contributed by atoms with Gasteiger partial charge in [0.15, 0.2) is 0 Å². The number of nitrogens with zero attached hydrogens (tertiary/aromatic N) is 3. The lowest BCUT2D eigenvalue weighted by molar-refractivity contribution is 0.238. The van der Waals surface area contributed by atoms with E-state index in [1.54, 1.807) is 0 Å². The topological polar surface area (TPSA) is 29.0 Å². The highest BCUT2D eigenvalue weighted by Gasteiger charge is 2.29. The van der Waals surface area contributed by atoms with Gasteiger partial charge >= 0.3 is 0 Å². The maximum absolute atomic E-state index is 6.08. The molecule has 1 aromatic heterocycles. The molecule has 2 heterocycles. The SMILES string of the molecule is CCC1(C)CCN(c2nc(Cl)nc3ccccc23)CC1. The number of fused-ring (bicyclic) bond motifs is 1. The predicted octanol–water partition coefficient (Wildman–Crippen LogP) is 4.30. The maximum Gasteiger partial charge on any atom is 0.224 e. The number of hydrogen-bond acceptors (Lipinski definition) is 3. The van der Waals surface area contributed by atoms with E-state index in [0.29, 0.717) is 10.7 Å². The summed E-state index contributed by atoms with van der Waals surface area (Å²) in [5.41, 5.74) is 1.40. The molecular formula is C16H20ClN3. The zero-order valence-corrected chi connectivity index (χ0v) is 12.8. The van der Waals surface area contributed by atoms with Gasteiger partial charge in [-0.1, -0.05) is 32.4 Å². The number of anilines is 1. The fourth-order valence-corrected chi connectivity index (χ4v) is 3.06. The summed E-state index contributed by atoms with van der Waals surface area (Å²) in [7, 11) is 0. The number of halogens is 1. The van der Waals surface area contributed by atoms with Crippen molar-refractivity contribution in [2.45, 2.75) is 33.1 Å². The van der Waals surface area contributed by atoms with Crippen LogP contribution >= 0.6 is 11.6 Å². The van der Waals surface area contributed by atoms with Crippen LogP contribution < -0.4 is 4.90 Å². The smallest absolute Gasteiger partial charge is 0.224 e. The number of para-hydroxylation sites is 1. The molecule has 0 atom stereocenters. The standard InChI is InChI=1S/C16H20ClN3/c1-3-16(2)8-10-20(11-9-16)14-12-6-4-5-7-13(12)18-15(17)19-14/h4-7H,3,8-11H2,1-2H3. The maximum atomic E-state index is 6.08. The van der Waals surface area contributed by atoms with Gasteiger partial charge in [0, 0.05) is 18.5 Å². The van der Waals surface area contributed by atoms with Crippen LogP contribution in [0.5, 0.6) is 0 Å². The largest absolute Gasteiger partial charge is 0.356 e. The van der Waals surface area contributed by atoms with Crippen molar-refractivity contribution in [3.05, 3.63) is 29.5 Å². The monoisotopic (exact) mass is 289 g/mol. The Morgan fingerprint density at radius 3 is 2.60 bits per heavy atom. The molecule has 0 radical (unpaired) electrons. The molecule has 0 N–H and O–H groups in total. The Bertz CT molecular complexity index is 618. The molecule has 0 unspecified atom stereocenters. The first-order valence-corrected chi connectivity index (χ1v) is 7.66. The molecule has 1 aliphatic heterocycles. The molecule has 1 aromatic carbocycles. The minimum absolute atomic E-state index is 0.336. The molecule has 0 aliphatic carbocycles. The van der Waals surface area contributed by atoms with Crippen LogP contribution in [0.4, 0.5) is 5.82 Å². The fourth-order valence-electron chi connectivity index (χ4n) is 2.89. The summed E-state index contributed by atoms with van der Waals surface area (Å²) in [4.78, 5) is 11.1. The van der Waals surface area contributed by atoms with E-state index in [9.17, 15) is 0 Å². The minimum atomic E-state index is 0.336. The third kappa shape index (κ3) is 2.47. The summed E-state index contributed by atoms with van der Waals surface area (Å²) in [6, 6.07) is 8.09. The highest BCUT2D eigenvalue weighted by atomic mass is 35.5. The number of piperidine rings is 1. The Morgan fingerprint density at radius 1 is 1.20 bits per heavy atom. The van der Waals surface area contributed by atoms with E-state index in [2.05, 4.69) is 34.8 Å². The van der Waals surface area contributed by atoms with Crippen LogP contribution in [0, 0.1) is 5.41 Å². The van der Waals surface area contributed by atoms with Crippen molar-refractivity contribution in [2.75, 3.05) is 18.0 Å². The zero-order chi connectivity index (χ0) is 14.2. The quantitative estimate of drug-likeness (QED) is 0.772. The first-order valence-electron chi connectivity index (χ1n) is 7.28. The highest BCUT2D eigenvalue weighted by molar-refractivity contribution is 6.28. The molecule has 2 aromatic rings. The molecule has 1 aliphatic rings. The molecule has 0 amide bonds. The average molecular weight is 290 g/mol. The molecule has 4 heteroatoms. The molecule has 0 saturated carbocycles. The van der Waals surface area contributed by atoms with Gasteiger partial charge in [-0.2, -0.15) is 4.98 Å². The van der Waals surface area contributed by atoms with Gasteiger partial charge in [-0.05, 0) is 42.0 Å². The zero-order valence-electron chi connectivity index (χ0n) is 12.1. The summed E-state index contributed by atoms with van der Waals surface area (Å²) < 4.78 is 0. The lowest BCUT2D eigenvalue weighted by Crippen LogP contribution is -2.39. The number of hydrogen-bond donors (Lipinski definition) is 0. The second-order valence-corrected chi connectivity index (χ2v) is 6.32. The number of rotatable bonds is 2. The second kappa shape index (κ2) is 5.21. The Hall–Kier alpha value is -1.35. The van der Waals surface area contributed by atoms with Gasteiger partial charge in [0.25, 0.3) is 0 Å². The van der Waals surface area contributed by atoms with Gasteiger partial charge in [0.05, 0.1) is 5.52 Å². The van der Waals surface area contributed by atoms with E-state index in [4.69, 9.17) is 11.6 Å². The van der Waals surface area contributed by atoms with E-state index in [1.807, 2.05) is 18.2 Å². The van der Waals surface area contributed by atoms with Crippen molar-refractivity contribution in [1.29, 1.82) is 0 Å². The molecule has 1 saturated heterocycles. The van der Waals surface area contributed by atoms with Crippen molar-refractivity contribution in [1.82, 2.24) is 9.97 Å². The van der Waals surface area contributed by atoms with Crippen LogP contribution in [0.1, 0.15) is 33.1 Å². The van der Waals surface area contributed by atoms with Crippen molar-refractivity contribution in [3.8, 4) is 0 Å². The van der Waals surface area contributed by atoms with E-state index in [0.717, 1.165) is 29.8 Å². The van der Waals surface area contributed by atoms with Gasteiger partial charge in [0.2, 0.25) is 5.28 Å². The Kier molecular flexibility index (Phi) is 3.55. The molecule has 1 fully saturated rings.